The van der Waals surface area contributed by atoms with Gasteiger partial charge in [-0.3, -0.25) is 9.20 Å². The molecule has 0 N–H and O–H groups in total. The molecule has 0 aliphatic heterocycles. The summed E-state index contributed by atoms with van der Waals surface area (Å²) in [7, 11) is 3.25. The van der Waals surface area contributed by atoms with Crippen molar-refractivity contribution in [2.45, 2.75) is 0 Å². The molecule has 0 aliphatic carbocycles. The number of halogens is 2. The van der Waals surface area contributed by atoms with E-state index in [4.69, 9.17) is 27.9 Å². The van der Waals surface area contributed by atoms with Crippen molar-refractivity contribution in [1.29, 1.82) is 0 Å². The second-order valence-corrected chi connectivity index (χ2v) is 7.09. The van der Waals surface area contributed by atoms with Crippen LogP contribution in [0, 0.1) is 0 Å². The van der Waals surface area contributed by atoms with E-state index in [1.165, 1.54) is 4.90 Å². The number of ether oxygens (including phenoxy) is 1. The summed E-state index contributed by atoms with van der Waals surface area (Å²) in [6.07, 6.45) is 4.97. The smallest absolute Gasteiger partial charge is 0.278 e. The number of hydrogen-bond donors (Lipinski definition) is 0. The number of nitrogens with zero attached hydrogens (tertiary/aromatic N) is 4. The van der Waals surface area contributed by atoms with Crippen LogP contribution in [0.1, 0.15) is 10.5 Å². The van der Waals surface area contributed by atoms with Gasteiger partial charge < -0.3 is 9.64 Å². The van der Waals surface area contributed by atoms with E-state index < -0.39 is 0 Å². The van der Waals surface area contributed by atoms with Crippen LogP contribution < -0.4 is 9.64 Å². The van der Waals surface area contributed by atoms with Gasteiger partial charge in [-0.2, -0.15) is 0 Å². The second kappa shape index (κ2) is 7.73. The van der Waals surface area contributed by atoms with Crippen LogP contribution in [0.25, 0.3) is 16.9 Å². The number of amides is 1. The summed E-state index contributed by atoms with van der Waals surface area (Å²) >= 11 is 12.3. The largest absolute Gasteiger partial charge is 0.497 e. The number of aromatic nitrogens is 3. The lowest BCUT2D eigenvalue weighted by Crippen LogP contribution is -2.27. The van der Waals surface area contributed by atoms with Crippen LogP contribution in [0.15, 0.2) is 61.1 Å². The quantitative estimate of drug-likeness (QED) is 0.461. The van der Waals surface area contributed by atoms with Gasteiger partial charge >= 0.3 is 0 Å². The van der Waals surface area contributed by atoms with Crippen molar-refractivity contribution in [3.05, 3.63) is 76.8 Å². The summed E-state index contributed by atoms with van der Waals surface area (Å²) < 4.78 is 7.04. The van der Waals surface area contributed by atoms with E-state index in [1.807, 2.05) is 28.7 Å². The fourth-order valence-corrected chi connectivity index (χ4v) is 3.43. The fraction of sp³-hybridized carbons (Fsp3) is 0.0952. The molecule has 0 unspecified atom stereocenters. The molecule has 0 radical (unpaired) electrons. The Morgan fingerprint density at radius 1 is 1.07 bits per heavy atom. The van der Waals surface area contributed by atoms with E-state index >= 15 is 0 Å². The molecule has 2 aromatic carbocycles. The highest BCUT2D eigenvalue weighted by atomic mass is 35.5. The van der Waals surface area contributed by atoms with E-state index in [1.54, 1.807) is 50.9 Å². The Balaban J connectivity index is 1.73. The molecule has 2 heterocycles. The average molecular weight is 427 g/mol. The molecule has 0 saturated carbocycles. The SMILES string of the molecule is COc1ccc(-c2cnc3cnc(C(=O)N(C)c4cccc(Cl)c4Cl)cn23)cc1. The predicted molar refractivity (Wildman–Crippen MR) is 114 cm³/mol. The standard InChI is InChI=1S/C21H16Cl2N4O2/c1-26(17-5-3-4-15(22)20(17)23)21(28)16-12-27-18(10-25-19(27)11-24-16)13-6-8-14(29-2)9-7-13/h3-12H,1-2H3. The predicted octanol–water partition coefficient (Wildman–Crippen LogP) is 4.99. The molecule has 4 rings (SSSR count). The van der Waals surface area contributed by atoms with Crippen molar-refractivity contribution in [2.75, 3.05) is 19.1 Å². The Kier molecular flexibility index (Phi) is 5.13. The van der Waals surface area contributed by atoms with Crippen molar-refractivity contribution < 1.29 is 9.53 Å². The van der Waals surface area contributed by atoms with Crippen LogP contribution in [-0.4, -0.2) is 34.4 Å². The molecule has 0 bridgehead atoms. The van der Waals surface area contributed by atoms with E-state index in [2.05, 4.69) is 9.97 Å². The first kappa shape index (κ1) is 19.2. The maximum Gasteiger partial charge on any atom is 0.278 e. The first-order chi connectivity index (χ1) is 14.0. The minimum absolute atomic E-state index is 0.254. The summed E-state index contributed by atoms with van der Waals surface area (Å²) in [4.78, 5) is 23.1. The third kappa shape index (κ3) is 3.52. The number of fused-ring (bicyclic) bond motifs is 1. The van der Waals surface area contributed by atoms with Crippen LogP contribution >= 0.6 is 23.2 Å². The molecule has 0 fully saturated rings. The first-order valence-corrected chi connectivity index (χ1v) is 9.45. The zero-order valence-electron chi connectivity index (χ0n) is 15.6. The Labute approximate surface area is 177 Å². The summed E-state index contributed by atoms with van der Waals surface area (Å²) in [5, 5.41) is 0.691. The summed E-state index contributed by atoms with van der Waals surface area (Å²) in [5.74, 6) is 0.450. The highest BCUT2D eigenvalue weighted by Crippen LogP contribution is 2.32. The molecular weight excluding hydrogens is 411 g/mol. The number of carbonyl (C=O) groups excluding carboxylic acids is 1. The highest BCUT2D eigenvalue weighted by Gasteiger charge is 2.19. The number of anilines is 1. The molecule has 0 atom stereocenters. The molecule has 0 spiro atoms. The van der Waals surface area contributed by atoms with Crippen LogP contribution in [0.4, 0.5) is 5.69 Å². The lowest BCUT2D eigenvalue weighted by molar-refractivity contribution is 0.0988. The lowest BCUT2D eigenvalue weighted by atomic mass is 10.1. The number of benzene rings is 2. The maximum absolute atomic E-state index is 13.0. The highest BCUT2D eigenvalue weighted by molar-refractivity contribution is 6.44. The molecule has 29 heavy (non-hydrogen) atoms. The van der Waals surface area contributed by atoms with Crippen LogP contribution in [0.3, 0.4) is 0 Å². The van der Waals surface area contributed by atoms with Crippen molar-refractivity contribution in [2.24, 2.45) is 0 Å². The third-order valence-electron chi connectivity index (χ3n) is 4.60. The number of imidazole rings is 1. The number of hydrogen-bond acceptors (Lipinski definition) is 4. The minimum Gasteiger partial charge on any atom is -0.497 e. The van der Waals surface area contributed by atoms with E-state index in [9.17, 15) is 4.79 Å². The Bertz CT molecular complexity index is 1210. The second-order valence-electron chi connectivity index (χ2n) is 6.31. The van der Waals surface area contributed by atoms with Gasteiger partial charge in [-0.05, 0) is 36.4 Å². The van der Waals surface area contributed by atoms with Crippen molar-refractivity contribution >= 4 is 40.4 Å². The normalized spacial score (nSPS) is 10.9. The van der Waals surface area contributed by atoms with E-state index in [0.717, 1.165) is 17.0 Å². The van der Waals surface area contributed by atoms with Crippen LogP contribution in [0.2, 0.25) is 10.0 Å². The van der Waals surface area contributed by atoms with Gasteiger partial charge in [0, 0.05) is 18.8 Å². The molecule has 0 saturated heterocycles. The fourth-order valence-electron chi connectivity index (χ4n) is 3.01. The minimum atomic E-state index is -0.314. The average Bonchev–Trinajstić information content (AvgIpc) is 3.18. The zero-order valence-corrected chi connectivity index (χ0v) is 17.1. The third-order valence-corrected chi connectivity index (χ3v) is 5.41. The molecule has 0 aliphatic rings. The van der Waals surface area contributed by atoms with Gasteiger partial charge in [0.25, 0.3) is 5.91 Å². The Hall–Kier alpha value is -3.09. The van der Waals surface area contributed by atoms with Gasteiger partial charge in [0.15, 0.2) is 5.65 Å². The van der Waals surface area contributed by atoms with E-state index in [-0.39, 0.29) is 11.6 Å². The van der Waals surface area contributed by atoms with Crippen molar-refractivity contribution in [3.63, 3.8) is 0 Å². The summed E-state index contributed by atoms with van der Waals surface area (Å²) in [6, 6.07) is 12.7. The van der Waals surface area contributed by atoms with Gasteiger partial charge in [0.1, 0.15) is 11.4 Å². The summed E-state index contributed by atoms with van der Waals surface area (Å²) in [6.45, 7) is 0. The van der Waals surface area contributed by atoms with Gasteiger partial charge in [-0.15, -0.1) is 0 Å². The van der Waals surface area contributed by atoms with Crippen LogP contribution in [0.5, 0.6) is 5.75 Å². The van der Waals surface area contributed by atoms with Crippen molar-refractivity contribution in [3.8, 4) is 17.0 Å². The molecule has 2 aromatic heterocycles. The van der Waals surface area contributed by atoms with Gasteiger partial charge in [0.05, 0.1) is 40.9 Å². The zero-order chi connectivity index (χ0) is 20.5. The lowest BCUT2D eigenvalue weighted by Gasteiger charge is -2.19. The topological polar surface area (TPSA) is 59.7 Å². The molecular formula is C21H16Cl2N4O2. The first-order valence-electron chi connectivity index (χ1n) is 8.69. The monoisotopic (exact) mass is 426 g/mol. The Morgan fingerprint density at radius 2 is 1.83 bits per heavy atom. The van der Waals surface area contributed by atoms with Gasteiger partial charge in [-0.1, -0.05) is 29.3 Å². The molecule has 4 aromatic rings. The molecule has 6 nitrogen and oxygen atoms in total. The number of carbonyl (C=O) groups is 1. The number of methoxy groups -OCH3 is 1. The van der Waals surface area contributed by atoms with Crippen LogP contribution in [-0.2, 0) is 0 Å². The van der Waals surface area contributed by atoms with Gasteiger partial charge in [0.2, 0.25) is 0 Å². The summed E-state index contributed by atoms with van der Waals surface area (Å²) in [5.41, 5.74) is 3.17. The molecule has 8 heteroatoms. The van der Waals surface area contributed by atoms with Crippen molar-refractivity contribution in [1.82, 2.24) is 14.4 Å². The maximum atomic E-state index is 13.0. The van der Waals surface area contributed by atoms with E-state index in [0.29, 0.717) is 21.4 Å². The van der Waals surface area contributed by atoms with Gasteiger partial charge in [-0.25, -0.2) is 9.97 Å². The Morgan fingerprint density at radius 3 is 2.55 bits per heavy atom. The molecule has 146 valence electrons. The number of rotatable bonds is 4. The molecule has 1 amide bonds.